The number of rotatable bonds is 4. The summed E-state index contributed by atoms with van der Waals surface area (Å²) in [6.07, 6.45) is 0. The summed E-state index contributed by atoms with van der Waals surface area (Å²) in [4.78, 5) is 11.0. The molecular formula is C9H12N2O4S. The summed E-state index contributed by atoms with van der Waals surface area (Å²) < 4.78 is 31.6. The van der Waals surface area contributed by atoms with E-state index in [2.05, 4.69) is 0 Å². The van der Waals surface area contributed by atoms with Gasteiger partial charge in [0, 0.05) is 0 Å². The first-order chi connectivity index (χ1) is 7.29. The van der Waals surface area contributed by atoms with Crippen LogP contribution in [0.25, 0.3) is 0 Å². The largest absolute Gasteiger partial charge is 0.368 e. The summed E-state index contributed by atoms with van der Waals surface area (Å²) >= 11 is 0. The van der Waals surface area contributed by atoms with Gasteiger partial charge in [-0.25, -0.2) is 0 Å². The molecule has 0 spiro atoms. The Bertz CT molecular complexity index is 481. The molecule has 1 rings (SSSR count). The summed E-state index contributed by atoms with van der Waals surface area (Å²) in [7, 11) is -4.48. The average molecular weight is 244 g/mol. The van der Waals surface area contributed by atoms with Gasteiger partial charge in [0.25, 0.3) is 0 Å². The van der Waals surface area contributed by atoms with E-state index in [1.54, 1.807) is 29.0 Å². The van der Waals surface area contributed by atoms with E-state index in [1.165, 1.54) is 0 Å². The highest BCUT2D eigenvalue weighted by Gasteiger charge is 2.22. The number of aryl methyl sites for hydroxylation is 1. The maximum atomic E-state index is 11.0. The first-order valence-corrected chi connectivity index (χ1v) is 5.84. The van der Waals surface area contributed by atoms with Crippen LogP contribution in [0.4, 0.5) is 0 Å². The van der Waals surface area contributed by atoms with Gasteiger partial charge in [-0.3, -0.25) is 9.35 Å². The lowest BCUT2D eigenvalue weighted by Gasteiger charge is -2.13. The van der Waals surface area contributed by atoms with E-state index < -0.39 is 22.3 Å². The third-order valence-electron chi connectivity index (χ3n) is 1.96. The average Bonchev–Trinajstić information content (AvgIpc) is 2.14. The number of carbonyl (C=O) groups excluding carboxylic acids is 1. The van der Waals surface area contributed by atoms with E-state index in [9.17, 15) is 13.2 Å². The molecule has 0 radical (unpaired) electrons. The van der Waals surface area contributed by atoms with Gasteiger partial charge in [-0.2, -0.15) is 13.1 Å². The predicted molar refractivity (Wildman–Crippen MR) is 57.8 cm³/mol. The van der Waals surface area contributed by atoms with Crippen molar-refractivity contribution < 1.29 is 17.8 Å². The molecule has 16 heavy (non-hydrogen) atoms. The molecule has 0 saturated carbocycles. The molecule has 1 unspecified atom stereocenters. The minimum atomic E-state index is -4.48. The minimum absolute atomic E-state index is 0.371. The molecule has 6 nitrogen and oxygen atoms in total. The van der Waals surface area contributed by atoms with Gasteiger partial charge in [0.05, 0.1) is 0 Å². The number of amides is 1. The van der Waals surface area contributed by atoms with Crippen LogP contribution in [0, 0.1) is 6.92 Å². The lowest BCUT2D eigenvalue weighted by atomic mass is 10.1. The Morgan fingerprint density at radius 3 is 2.25 bits per heavy atom. The standard InChI is InChI=1S/C9H12N2O4S/c1-6-2-4-7(5-3-6)8(9(10)12)11-16(13,14)15/h2-5,8,11H,1H3,(H2,10,12)(H,13,14,15). The second-order valence-electron chi connectivity index (χ2n) is 3.34. The number of nitrogens with two attached hydrogens (primary N) is 1. The lowest BCUT2D eigenvalue weighted by Crippen LogP contribution is -2.37. The zero-order valence-electron chi connectivity index (χ0n) is 8.54. The maximum absolute atomic E-state index is 11.0. The fraction of sp³-hybridized carbons (Fsp3) is 0.222. The monoisotopic (exact) mass is 244 g/mol. The van der Waals surface area contributed by atoms with Crippen molar-refractivity contribution in [2.24, 2.45) is 5.73 Å². The smallest absolute Gasteiger partial charge is 0.334 e. The molecule has 1 atom stereocenters. The normalized spacial score (nSPS) is 13.4. The van der Waals surface area contributed by atoms with Crippen LogP contribution in [-0.4, -0.2) is 18.9 Å². The summed E-state index contributed by atoms with van der Waals surface area (Å²) in [5.41, 5.74) is 6.37. The molecule has 7 heteroatoms. The molecule has 0 aromatic heterocycles. The van der Waals surface area contributed by atoms with E-state index in [4.69, 9.17) is 10.3 Å². The Balaban J connectivity index is 3.03. The number of hydrogen-bond acceptors (Lipinski definition) is 3. The number of primary amides is 1. The molecule has 0 aliphatic rings. The molecule has 0 heterocycles. The zero-order chi connectivity index (χ0) is 12.3. The second kappa shape index (κ2) is 4.60. The van der Waals surface area contributed by atoms with Gasteiger partial charge in [-0.05, 0) is 12.5 Å². The van der Waals surface area contributed by atoms with Crippen molar-refractivity contribution in [3.05, 3.63) is 35.4 Å². The van der Waals surface area contributed by atoms with Gasteiger partial charge in [-0.1, -0.05) is 29.8 Å². The molecule has 4 N–H and O–H groups in total. The van der Waals surface area contributed by atoms with Gasteiger partial charge in [0.15, 0.2) is 0 Å². The summed E-state index contributed by atoms with van der Waals surface area (Å²) in [6, 6.07) is 5.26. The van der Waals surface area contributed by atoms with Crippen molar-refractivity contribution in [2.45, 2.75) is 13.0 Å². The first kappa shape index (κ1) is 12.6. The van der Waals surface area contributed by atoms with Crippen LogP contribution in [0.2, 0.25) is 0 Å². The Morgan fingerprint density at radius 1 is 1.38 bits per heavy atom. The molecule has 0 aliphatic heterocycles. The van der Waals surface area contributed by atoms with Crippen LogP contribution in [0.15, 0.2) is 24.3 Å². The van der Waals surface area contributed by atoms with E-state index in [1.807, 2.05) is 6.92 Å². The Hall–Kier alpha value is -1.44. The first-order valence-electron chi connectivity index (χ1n) is 4.40. The fourth-order valence-corrected chi connectivity index (χ4v) is 1.75. The number of nitrogens with one attached hydrogen (secondary N) is 1. The molecule has 0 saturated heterocycles. The van der Waals surface area contributed by atoms with E-state index in [0.717, 1.165) is 5.56 Å². The third kappa shape index (κ3) is 3.61. The number of benzene rings is 1. The molecule has 0 fully saturated rings. The molecule has 0 aliphatic carbocycles. The molecule has 0 bridgehead atoms. The SMILES string of the molecule is Cc1ccc(C(NS(=O)(=O)O)C(N)=O)cc1. The van der Waals surface area contributed by atoms with Gasteiger partial charge in [0.1, 0.15) is 6.04 Å². The van der Waals surface area contributed by atoms with Crippen LogP contribution in [-0.2, 0) is 15.1 Å². The van der Waals surface area contributed by atoms with Crippen LogP contribution in [0.5, 0.6) is 0 Å². The van der Waals surface area contributed by atoms with Crippen molar-refractivity contribution in [3.8, 4) is 0 Å². The Kier molecular flexibility index (Phi) is 3.63. The highest BCUT2D eigenvalue weighted by Crippen LogP contribution is 2.14. The summed E-state index contributed by atoms with van der Waals surface area (Å²) in [5, 5.41) is 0. The second-order valence-corrected chi connectivity index (χ2v) is 4.52. The van der Waals surface area contributed by atoms with Crippen molar-refractivity contribution in [2.75, 3.05) is 0 Å². The number of hydrogen-bond donors (Lipinski definition) is 3. The van der Waals surface area contributed by atoms with E-state index >= 15 is 0 Å². The third-order valence-corrected chi connectivity index (χ3v) is 2.50. The summed E-state index contributed by atoms with van der Waals surface area (Å²) in [6.45, 7) is 1.85. The van der Waals surface area contributed by atoms with Gasteiger partial charge < -0.3 is 5.73 Å². The van der Waals surface area contributed by atoms with Crippen molar-refractivity contribution in [1.29, 1.82) is 0 Å². The summed E-state index contributed by atoms with van der Waals surface area (Å²) in [5.74, 6) is -0.888. The van der Waals surface area contributed by atoms with Crippen LogP contribution < -0.4 is 10.5 Å². The lowest BCUT2D eigenvalue weighted by molar-refractivity contribution is -0.119. The Labute approximate surface area is 93.3 Å². The topological polar surface area (TPSA) is 109 Å². The zero-order valence-corrected chi connectivity index (χ0v) is 9.36. The number of carbonyl (C=O) groups is 1. The highest BCUT2D eigenvalue weighted by atomic mass is 32.2. The van der Waals surface area contributed by atoms with Crippen LogP contribution >= 0.6 is 0 Å². The molecule has 88 valence electrons. The van der Waals surface area contributed by atoms with Crippen molar-refractivity contribution in [3.63, 3.8) is 0 Å². The molecule has 1 aromatic carbocycles. The highest BCUT2D eigenvalue weighted by molar-refractivity contribution is 7.83. The molecular weight excluding hydrogens is 232 g/mol. The molecule has 1 amide bonds. The van der Waals surface area contributed by atoms with E-state index in [-0.39, 0.29) is 0 Å². The van der Waals surface area contributed by atoms with Crippen molar-refractivity contribution >= 4 is 16.2 Å². The molecule has 1 aromatic rings. The fourth-order valence-electron chi connectivity index (χ4n) is 1.20. The van der Waals surface area contributed by atoms with Gasteiger partial charge >= 0.3 is 10.3 Å². The van der Waals surface area contributed by atoms with Gasteiger partial charge in [0.2, 0.25) is 5.91 Å². The maximum Gasteiger partial charge on any atom is 0.334 e. The van der Waals surface area contributed by atoms with Crippen molar-refractivity contribution in [1.82, 2.24) is 4.72 Å². The minimum Gasteiger partial charge on any atom is -0.368 e. The van der Waals surface area contributed by atoms with E-state index in [0.29, 0.717) is 5.56 Å². The predicted octanol–water partition coefficient (Wildman–Crippen LogP) is -0.0862. The van der Waals surface area contributed by atoms with Gasteiger partial charge in [-0.15, -0.1) is 0 Å². The Morgan fingerprint density at radius 2 is 1.88 bits per heavy atom. The quantitative estimate of drug-likeness (QED) is 0.643. The van der Waals surface area contributed by atoms with Crippen LogP contribution in [0.1, 0.15) is 17.2 Å². The van der Waals surface area contributed by atoms with Crippen LogP contribution in [0.3, 0.4) is 0 Å².